The smallest absolute Gasteiger partial charge is 0.271 e. The highest BCUT2D eigenvalue weighted by Crippen LogP contribution is 2.41. The number of hydrogen-bond acceptors (Lipinski definition) is 5. The van der Waals surface area contributed by atoms with E-state index in [1.807, 2.05) is 68.4 Å². The minimum absolute atomic E-state index is 0.244. The molecule has 0 radical (unpaired) electrons. The summed E-state index contributed by atoms with van der Waals surface area (Å²) < 4.78 is 11.6. The maximum absolute atomic E-state index is 13.8. The summed E-state index contributed by atoms with van der Waals surface area (Å²) in [5.41, 5.74) is 4.77. The Balaban J connectivity index is 1.51. The van der Waals surface area contributed by atoms with E-state index in [2.05, 4.69) is 0 Å². The lowest BCUT2D eigenvalue weighted by Crippen LogP contribution is -2.28. The number of amidine groups is 1. The Morgan fingerprint density at radius 3 is 2.27 bits per heavy atom. The number of nitrogens with zero attached hydrogens (tertiary/aromatic N) is 2. The first kappa shape index (κ1) is 29.1. The summed E-state index contributed by atoms with van der Waals surface area (Å²) in [7, 11) is 1.55. The Morgan fingerprint density at radius 2 is 1.59 bits per heavy atom. The van der Waals surface area contributed by atoms with Crippen molar-refractivity contribution in [3.05, 3.63) is 121 Å². The third-order valence-electron chi connectivity index (χ3n) is 6.38. The molecular formula is C32H25Cl3N2O3S. The number of hydrogen-bond donors (Lipinski definition) is 0. The van der Waals surface area contributed by atoms with Crippen LogP contribution in [-0.2, 0) is 11.4 Å². The molecule has 1 saturated heterocycles. The van der Waals surface area contributed by atoms with Crippen molar-refractivity contribution in [1.82, 2.24) is 0 Å². The molecule has 1 aliphatic rings. The molecule has 0 N–H and O–H groups in total. The second-order valence-electron chi connectivity index (χ2n) is 9.32. The summed E-state index contributed by atoms with van der Waals surface area (Å²) in [6, 6.07) is 24.3. The molecule has 1 fully saturated rings. The van der Waals surface area contributed by atoms with Crippen LogP contribution in [0.1, 0.15) is 22.3 Å². The van der Waals surface area contributed by atoms with E-state index in [0.29, 0.717) is 60.2 Å². The summed E-state index contributed by atoms with van der Waals surface area (Å²) >= 11 is 20.7. The number of thioether (sulfide) groups is 1. The van der Waals surface area contributed by atoms with Crippen LogP contribution in [0.4, 0.5) is 11.4 Å². The Labute approximate surface area is 258 Å². The number of methoxy groups -OCH3 is 1. The van der Waals surface area contributed by atoms with E-state index in [-0.39, 0.29) is 5.91 Å². The third kappa shape index (κ3) is 6.57. The lowest BCUT2D eigenvalue weighted by Gasteiger charge is -2.16. The first-order valence-electron chi connectivity index (χ1n) is 12.6. The van der Waals surface area contributed by atoms with Crippen molar-refractivity contribution in [3.63, 3.8) is 0 Å². The molecule has 4 aromatic rings. The predicted molar refractivity (Wildman–Crippen MR) is 171 cm³/mol. The van der Waals surface area contributed by atoms with E-state index < -0.39 is 0 Å². The Hall–Kier alpha value is -3.42. The summed E-state index contributed by atoms with van der Waals surface area (Å²) in [4.78, 5) is 20.6. The summed E-state index contributed by atoms with van der Waals surface area (Å²) in [5, 5.41) is 1.99. The van der Waals surface area contributed by atoms with Crippen molar-refractivity contribution < 1.29 is 14.3 Å². The maximum atomic E-state index is 13.8. The quantitative estimate of drug-likeness (QED) is 0.192. The highest BCUT2D eigenvalue weighted by molar-refractivity contribution is 8.19. The molecule has 0 atom stereocenters. The molecular weight excluding hydrogens is 599 g/mol. The Bertz CT molecular complexity index is 1690. The van der Waals surface area contributed by atoms with E-state index in [1.165, 1.54) is 11.8 Å². The maximum Gasteiger partial charge on any atom is 0.271 e. The molecule has 0 aliphatic carbocycles. The van der Waals surface area contributed by atoms with Crippen LogP contribution in [0.15, 0.2) is 88.8 Å². The van der Waals surface area contributed by atoms with Gasteiger partial charge in [0.1, 0.15) is 6.61 Å². The monoisotopic (exact) mass is 622 g/mol. The number of aryl methyl sites for hydroxylation is 2. The van der Waals surface area contributed by atoms with Crippen LogP contribution in [0.2, 0.25) is 15.1 Å². The van der Waals surface area contributed by atoms with Crippen molar-refractivity contribution in [1.29, 1.82) is 0 Å². The molecule has 0 unspecified atom stereocenters. The zero-order chi connectivity index (χ0) is 29.1. The summed E-state index contributed by atoms with van der Waals surface area (Å²) in [6.45, 7) is 4.17. The van der Waals surface area contributed by atoms with Crippen LogP contribution in [0, 0.1) is 13.8 Å². The van der Waals surface area contributed by atoms with Crippen LogP contribution >= 0.6 is 46.6 Å². The minimum atomic E-state index is -0.244. The fourth-order valence-corrected chi connectivity index (χ4v) is 5.73. The highest BCUT2D eigenvalue weighted by Gasteiger charge is 2.35. The fourth-order valence-electron chi connectivity index (χ4n) is 4.10. The second-order valence-corrected chi connectivity index (χ2v) is 11.6. The number of ether oxygens (including phenoxy) is 2. The average Bonchev–Trinajstić information content (AvgIpc) is 3.25. The van der Waals surface area contributed by atoms with Gasteiger partial charge >= 0.3 is 0 Å². The molecule has 0 aromatic heterocycles. The standard InChI is InChI=1S/C32H25Cl3N2O3S/c1-19-9-11-23(16-25(19)33)36-32-37(24-12-10-20(2)26(34)17-24)31(38)29(41-32)15-22-13-27(35)30(28(14-22)39-3)40-18-21-7-5-4-6-8-21/h4-17H,18H2,1-3H3/b29-15+,36-32?. The number of aliphatic imine (C=N–C) groups is 1. The topological polar surface area (TPSA) is 51.1 Å². The van der Waals surface area contributed by atoms with E-state index >= 15 is 0 Å². The molecule has 41 heavy (non-hydrogen) atoms. The second kappa shape index (κ2) is 12.6. The number of benzene rings is 4. The van der Waals surface area contributed by atoms with Crippen LogP contribution < -0.4 is 14.4 Å². The molecule has 0 bridgehead atoms. The lowest BCUT2D eigenvalue weighted by atomic mass is 10.1. The molecule has 1 amide bonds. The fraction of sp³-hybridized carbons (Fsp3) is 0.125. The van der Waals surface area contributed by atoms with Gasteiger partial charge in [0.15, 0.2) is 16.7 Å². The van der Waals surface area contributed by atoms with Gasteiger partial charge in [0, 0.05) is 10.0 Å². The number of halogens is 3. The van der Waals surface area contributed by atoms with Gasteiger partial charge in [-0.1, -0.05) is 77.3 Å². The first-order valence-corrected chi connectivity index (χ1v) is 14.6. The SMILES string of the molecule is COc1cc(/C=C2/SC(=Nc3ccc(C)c(Cl)c3)N(c3ccc(C)c(Cl)c3)C2=O)cc(Cl)c1OCc1ccccc1. The van der Waals surface area contributed by atoms with Gasteiger partial charge in [0.25, 0.3) is 5.91 Å². The zero-order valence-electron chi connectivity index (χ0n) is 22.5. The van der Waals surface area contributed by atoms with Gasteiger partial charge in [0.05, 0.1) is 28.4 Å². The van der Waals surface area contributed by atoms with Crippen LogP contribution in [0.3, 0.4) is 0 Å². The van der Waals surface area contributed by atoms with E-state index in [0.717, 1.165) is 16.7 Å². The van der Waals surface area contributed by atoms with E-state index in [9.17, 15) is 4.79 Å². The van der Waals surface area contributed by atoms with Gasteiger partial charge in [-0.25, -0.2) is 4.99 Å². The van der Waals surface area contributed by atoms with Gasteiger partial charge < -0.3 is 9.47 Å². The van der Waals surface area contributed by atoms with Crippen molar-refractivity contribution >= 4 is 75.1 Å². The number of rotatable bonds is 7. The first-order chi connectivity index (χ1) is 19.7. The van der Waals surface area contributed by atoms with E-state index in [4.69, 9.17) is 49.3 Å². The zero-order valence-corrected chi connectivity index (χ0v) is 25.5. The largest absolute Gasteiger partial charge is 0.493 e. The number of carbonyl (C=O) groups is 1. The molecule has 4 aromatic carbocycles. The number of amides is 1. The van der Waals surface area contributed by atoms with Crippen LogP contribution in [0.5, 0.6) is 11.5 Å². The minimum Gasteiger partial charge on any atom is -0.493 e. The molecule has 5 rings (SSSR count). The molecule has 208 valence electrons. The normalized spacial score (nSPS) is 15.2. The van der Waals surface area contributed by atoms with Gasteiger partial charge in [-0.2, -0.15) is 0 Å². The highest BCUT2D eigenvalue weighted by atomic mass is 35.5. The van der Waals surface area contributed by atoms with Crippen molar-refractivity contribution in [2.45, 2.75) is 20.5 Å². The van der Waals surface area contributed by atoms with Crippen LogP contribution in [0.25, 0.3) is 6.08 Å². The van der Waals surface area contributed by atoms with Crippen molar-refractivity contribution in [2.75, 3.05) is 12.0 Å². The summed E-state index contributed by atoms with van der Waals surface area (Å²) in [6.07, 6.45) is 1.76. The molecule has 9 heteroatoms. The number of anilines is 1. The van der Waals surface area contributed by atoms with Crippen molar-refractivity contribution in [2.24, 2.45) is 4.99 Å². The number of carbonyl (C=O) groups excluding carboxylic acids is 1. The average molecular weight is 624 g/mol. The summed E-state index contributed by atoms with van der Waals surface area (Å²) in [5.74, 6) is 0.646. The lowest BCUT2D eigenvalue weighted by molar-refractivity contribution is -0.113. The molecule has 1 heterocycles. The molecule has 0 spiro atoms. The van der Waals surface area contributed by atoms with Gasteiger partial charge in [-0.05, 0) is 90.3 Å². The van der Waals surface area contributed by atoms with Gasteiger partial charge in [-0.15, -0.1) is 0 Å². The Morgan fingerprint density at radius 1 is 0.878 bits per heavy atom. The molecule has 1 aliphatic heterocycles. The van der Waals surface area contributed by atoms with E-state index in [1.54, 1.807) is 42.4 Å². The predicted octanol–water partition coefficient (Wildman–Crippen LogP) is 9.66. The van der Waals surface area contributed by atoms with Gasteiger partial charge in [-0.3, -0.25) is 9.69 Å². The molecule has 5 nitrogen and oxygen atoms in total. The molecule has 0 saturated carbocycles. The van der Waals surface area contributed by atoms with Crippen LogP contribution in [-0.4, -0.2) is 18.2 Å². The van der Waals surface area contributed by atoms with Crippen molar-refractivity contribution in [3.8, 4) is 11.5 Å². The van der Waals surface area contributed by atoms with Gasteiger partial charge in [0.2, 0.25) is 0 Å². The third-order valence-corrected chi connectivity index (χ3v) is 8.44. The Kier molecular flexibility index (Phi) is 8.95.